The van der Waals surface area contributed by atoms with Crippen LogP contribution in [0.2, 0.25) is 0 Å². The molecule has 1 aliphatic rings. The van der Waals surface area contributed by atoms with E-state index in [4.69, 9.17) is 14.5 Å². The van der Waals surface area contributed by atoms with E-state index < -0.39 is 19.6 Å². The molecule has 0 radical (unpaired) electrons. The van der Waals surface area contributed by atoms with Crippen LogP contribution in [-0.4, -0.2) is 40.2 Å². The minimum Gasteiger partial charge on any atom is -0.488 e. The Kier molecular flexibility index (Phi) is 12.2. The van der Waals surface area contributed by atoms with E-state index in [1.54, 1.807) is 13.0 Å². The summed E-state index contributed by atoms with van der Waals surface area (Å²) in [6.07, 6.45) is 7.79. The predicted molar refractivity (Wildman–Crippen MR) is 140 cm³/mol. The molecule has 1 aromatic carbocycles. The molecular weight excluding hydrogens is 550 g/mol. The average Bonchev–Trinajstić information content (AvgIpc) is 3.16. The lowest BCUT2D eigenvalue weighted by atomic mass is 10.1. The Morgan fingerprint density at radius 2 is 2.03 bits per heavy atom. The molecule has 1 aliphatic carbocycles. The molecule has 4 N–H and O–H groups in total. The summed E-state index contributed by atoms with van der Waals surface area (Å²) in [6, 6.07) is 3.67. The number of nitrogens with two attached hydrogens (primary N) is 1. The quantitative estimate of drug-likeness (QED) is 0.297. The number of aromatic nitrogens is 2. The third kappa shape index (κ3) is 10.6. The summed E-state index contributed by atoms with van der Waals surface area (Å²) >= 11 is 2.45. The fourth-order valence-corrected chi connectivity index (χ4v) is 4.85. The van der Waals surface area contributed by atoms with Gasteiger partial charge in [-0.3, -0.25) is 4.52 Å². The molecule has 0 saturated carbocycles. The van der Waals surface area contributed by atoms with Gasteiger partial charge >= 0.3 is 14.0 Å². The highest BCUT2D eigenvalue weighted by Crippen LogP contribution is 2.40. The lowest BCUT2D eigenvalue weighted by molar-refractivity contribution is -0.138. The van der Waals surface area contributed by atoms with E-state index in [0.29, 0.717) is 5.01 Å². The molecule has 8 nitrogen and oxygen atoms in total. The molecule has 0 amide bonds. The summed E-state index contributed by atoms with van der Waals surface area (Å²) in [5.74, 6) is -0.298. The summed E-state index contributed by atoms with van der Waals surface area (Å²) < 4.78 is 62.1. The Morgan fingerprint density at radius 3 is 2.70 bits per heavy atom. The topological polar surface area (TPSA) is 128 Å². The van der Waals surface area contributed by atoms with Crippen LogP contribution in [0.3, 0.4) is 0 Å². The van der Waals surface area contributed by atoms with Crippen molar-refractivity contribution in [1.29, 1.82) is 0 Å². The van der Waals surface area contributed by atoms with Crippen molar-refractivity contribution < 1.29 is 36.8 Å². The van der Waals surface area contributed by atoms with Gasteiger partial charge in [-0.2, -0.15) is 13.2 Å². The first-order valence-electron chi connectivity index (χ1n) is 10.9. The molecule has 14 heteroatoms. The minimum absolute atomic E-state index is 0.0231. The van der Waals surface area contributed by atoms with Crippen molar-refractivity contribution in [1.82, 2.24) is 10.2 Å². The van der Waals surface area contributed by atoms with Crippen molar-refractivity contribution in [3.05, 3.63) is 75.0 Å². The highest BCUT2D eigenvalue weighted by molar-refractivity contribution is 8.06. The second kappa shape index (κ2) is 14.6. The zero-order chi connectivity index (χ0) is 27.5. The first-order valence-corrected chi connectivity index (χ1v) is 14.0. The SMILES string of the molecule is C/C=C(/COc1ccc(-c2nnc(CCOP(=O)(O)O)s2)cc1C(F)(F)F)SC1=CCC=CC=C1.CN. The molecule has 0 saturated heterocycles. The molecule has 2 aromatic rings. The highest BCUT2D eigenvalue weighted by atomic mass is 32.2. The first-order chi connectivity index (χ1) is 17.5. The van der Waals surface area contributed by atoms with Crippen molar-refractivity contribution in [2.75, 3.05) is 20.3 Å². The number of nitrogens with zero attached hydrogens (tertiary/aromatic N) is 2. The maximum Gasteiger partial charge on any atom is 0.469 e. The van der Waals surface area contributed by atoms with E-state index >= 15 is 0 Å². The van der Waals surface area contributed by atoms with E-state index in [1.165, 1.54) is 30.9 Å². The standard InChI is InChI=1S/C22H22F3N2O5PS2.CH5N/c1-2-16(34-17-7-5-3-4-6-8-17)14-31-19-10-9-15(13-18(19)22(23,24)25)21-27-26-20(35-21)11-12-32-33(28,29)30;1-2/h2-5,7-10,13H,6,11-12,14H2,1H3,(H2,28,29,30);2H2,1H3/b16-2-;. The summed E-state index contributed by atoms with van der Waals surface area (Å²) in [7, 11) is -3.11. The van der Waals surface area contributed by atoms with Crippen molar-refractivity contribution >= 4 is 30.9 Å². The zero-order valence-corrected chi connectivity index (χ0v) is 22.5. The molecule has 1 aromatic heterocycles. The van der Waals surface area contributed by atoms with Crippen LogP contribution in [0.15, 0.2) is 64.5 Å². The van der Waals surface area contributed by atoms with Crippen LogP contribution >= 0.6 is 30.9 Å². The van der Waals surface area contributed by atoms with Crippen LogP contribution < -0.4 is 10.5 Å². The van der Waals surface area contributed by atoms with Crippen LogP contribution in [0.25, 0.3) is 10.6 Å². The maximum absolute atomic E-state index is 13.8. The number of hydrogen-bond donors (Lipinski definition) is 3. The number of ether oxygens (including phenoxy) is 1. The monoisotopic (exact) mass is 577 g/mol. The van der Waals surface area contributed by atoms with Crippen LogP contribution in [0, 0.1) is 0 Å². The molecular formula is C23H27F3N3O5PS2. The van der Waals surface area contributed by atoms with Gasteiger partial charge in [0.25, 0.3) is 0 Å². The van der Waals surface area contributed by atoms with E-state index in [0.717, 1.165) is 33.6 Å². The third-order valence-electron chi connectivity index (χ3n) is 4.48. The van der Waals surface area contributed by atoms with Gasteiger partial charge in [-0.1, -0.05) is 53.5 Å². The largest absolute Gasteiger partial charge is 0.488 e. The van der Waals surface area contributed by atoms with E-state index in [1.807, 2.05) is 30.4 Å². The van der Waals surface area contributed by atoms with Crippen molar-refractivity contribution in [3.8, 4) is 16.3 Å². The fraction of sp³-hybridized carbons (Fsp3) is 0.304. The van der Waals surface area contributed by atoms with Gasteiger partial charge in [0.05, 0.1) is 12.2 Å². The number of benzene rings is 1. The zero-order valence-electron chi connectivity index (χ0n) is 20.0. The van der Waals surface area contributed by atoms with Crippen LogP contribution in [0.1, 0.15) is 23.9 Å². The normalized spacial score (nSPS) is 14.1. The summed E-state index contributed by atoms with van der Waals surface area (Å²) in [6.45, 7) is 1.48. The van der Waals surface area contributed by atoms with Gasteiger partial charge in [-0.05, 0) is 44.7 Å². The molecule has 0 spiro atoms. The minimum atomic E-state index is -4.66. The number of phosphoric ester groups is 1. The Morgan fingerprint density at radius 1 is 1.27 bits per heavy atom. The highest BCUT2D eigenvalue weighted by Gasteiger charge is 2.35. The van der Waals surface area contributed by atoms with Crippen LogP contribution in [0.5, 0.6) is 5.75 Å². The summed E-state index contributed by atoms with van der Waals surface area (Å²) in [5, 5.41) is 8.36. The third-order valence-corrected chi connectivity index (χ3v) is 7.18. The van der Waals surface area contributed by atoms with E-state index in [-0.39, 0.29) is 36.0 Å². The number of rotatable bonds is 10. The first kappa shape index (κ1) is 31.0. The number of phosphoric acid groups is 1. The van der Waals surface area contributed by atoms with E-state index in [2.05, 4.69) is 20.5 Å². The maximum atomic E-state index is 13.8. The lowest BCUT2D eigenvalue weighted by Crippen LogP contribution is -2.10. The molecule has 0 bridgehead atoms. The van der Waals surface area contributed by atoms with E-state index in [9.17, 15) is 17.7 Å². The second-order valence-corrected chi connectivity index (χ2v) is 10.6. The van der Waals surface area contributed by atoms with Gasteiger partial charge in [0.15, 0.2) is 0 Å². The number of allylic oxidation sites excluding steroid dienone is 6. The Hall–Kier alpha value is -2.25. The molecule has 0 atom stereocenters. The van der Waals surface area contributed by atoms with Gasteiger partial charge < -0.3 is 20.3 Å². The molecule has 0 fully saturated rings. The smallest absolute Gasteiger partial charge is 0.469 e. The summed E-state index contributed by atoms with van der Waals surface area (Å²) in [5.41, 5.74) is 3.76. The van der Waals surface area contributed by atoms with Gasteiger partial charge in [0.1, 0.15) is 22.4 Å². The van der Waals surface area contributed by atoms with Crippen LogP contribution in [0.4, 0.5) is 13.2 Å². The second-order valence-electron chi connectivity index (χ2n) is 7.06. The van der Waals surface area contributed by atoms with Crippen molar-refractivity contribution in [2.24, 2.45) is 5.73 Å². The Balaban J connectivity index is 0.00000235. The van der Waals surface area contributed by atoms with Gasteiger partial charge in [0.2, 0.25) is 0 Å². The summed E-state index contributed by atoms with van der Waals surface area (Å²) in [4.78, 5) is 19.2. The average molecular weight is 578 g/mol. The fourth-order valence-electron chi connectivity index (χ4n) is 2.84. The van der Waals surface area contributed by atoms with Gasteiger partial charge in [-0.15, -0.1) is 10.2 Å². The molecule has 0 aliphatic heterocycles. The number of halogens is 3. The predicted octanol–water partition coefficient (Wildman–Crippen LogP) is 5.87. The molecule has 37 heavy (non-hydrogen) atoms. The molecule has 0 unspecified atom stereocenters. The molecule has 202 valence electrons. The number of thioether (sulfide) groups is 1. The van der Waals surface area contributed by atoms with Crippen LogP contribution in [-0.2, 0) is 21.7 Å². The Bertz CT molecular complexity index is 1210. The van der Waals surface area contributed by atoms with Gasteiger partial charge in [-0.25, -0.2) is 4.57 Å². The van der Waals surface area contributed by atoms with Crippen molar-refractivity contribution in [3.63, 3.8) is 0 Å². The Labute approximate surface area is 221 Å². The lowest BCUT2D eigenvalue weighted by Gasteiger charge is -2.16. The molecule has 1 heterocycles. The number of hydrogen-bond acceptors (Lipinski definition) is 8. The van der Waals surface area contributed by atoms with Gasteiger partial charge in [0, 0.05) is 21.8 Å². The number of alkyl halides is 3. The molecule has 3 rings (SSSR count). The van der Waals surface area contributed by atoms with Crippen molar-refractivity contribution in [2.45, 2.75) is 25.9 Å².